The lowest BCUT2D eigenvalue weighted by Gasteiger charge is -2.32. The van der Waals surface area contributed by atoms with Crippen molar-refractivity contribution in [2.45, 2.75) is 25.3 Å². The van der Waals surface area contributed by atoms with Gasteiger partial charge in [-0.15, -0.1) is 11.3 Å². The molecular formula is C12H15N3O3S2. The summed E-state index contributed by atoms with van der Waals surface area (Å²) in [6.07, 6.45) is 3.20. The van der Waals surface area contributed by atoms with E-state index in [0.29, 0.717) is 23.5 Å². The van der Waals surface area contributed by atoms with E-state index in [4.69, 9.17) is 5.26 Å². The molecule has 1 aromatic rings. The van der Waals surface area contributed by atoms with Crippen LogP contribution in [0.2, 0.25) is 0 Å². The smallest absolute Gasteiger partial charge is 0.243 e. The lowest BCUT2D eigenvalue weighted by atomic mass is 10.0. The molecule has 20 heavy (non-hydrogen) atoms. The summed E-state index contributed by atoms with van der Waals surface area (Å²) in [7, 11) is -3.40. The average molecular weight is 313 g/mol. The zero-order valence-electron chi connectivity index (χ0n) is 11.0. The average Bonchev–Trinajstić information content (AvgIpc) is 2.85. The molecule has 2 rings (SSSR count). The van der Waals surface area contributed by atoms with E-state index in [1.807, 2.05) is 6.07 Å². The molecule has 108 valence electrons. The minimum atomic E-state index is -3.40. The highest BCUT2D eigenvalue weighted by molar-refractivity contribution is 7.88. The molecule has 6 nitrogen and oxygen atoms in total. The van der Waals surface area contributed by atoms with Crippen molar-refractivity contribution in [3.05, 3.63) is 17.0 Å². The Kier molecular flexibility index (Phi) is 4.42. The minimum absolute atomic E-state index is 0.367. The molecular weight excluding hydrogens is 298 g/mol. The number of hydrogen-bond donors (Lipinski definition) is 1. The van der Waals surface area contributed by atoms with Crippen molar-refractivity contribution >= 4 is 32.3 Å². The first-order valence-electron chi connectivity index (χ1n) is 6.19. The summed E-state index contributed by atoms with van der Waals surface area (Å²) >= 11 is 1.25. The molecule has 8 heteroatoms. The van der Waals surface area contributed by atoms with Gasteiger partial charge in [-0.2, -0.15) is 9.57 Å². The van der Waals surface area contributed by atoms with E-state index in [1.54, 1.807) is 11.4 Å². The van der Waals surface area contributed by atoms with Gasteiger partial charge in [0.25, 0.3) is 0 Å². The second-order valence-electron chi connectivity index (χ2n) is 4.65. The number of piperidine rings is 1. The monoisotopic (exact) mass is 313 g/mol. The van der Waals surface area contributed by atoms with E-state index < -0.39 is 16.1 Å². The molecule has 1 aliphatic rings. The first kappa shape index (κ1) is 15.0. The summed E-state index contributed by atoms with van der Waals surface area (Å²) in [6.45, 7) is 0.368. The Morgan fingerprint density at radius 2 is 2.30 bits per heavy atom. The van der Waals surface area contributed by atoms with Gasteiger partial charge >= 0.3 is 0 Å². The number of nitrogens with zero attached hydrogens (tertiary/aromatic N) is 2. The maximum absolute atomic E-state index is 12.3. The van der Waals surface area contributed by atoms with Gasteiger partial charge in [-0.3, -0.25) is 4.79 Å². The van der Waals surface area contributed by atoms with Crippen LogP contribution in [-0.2, 0) is 14.8 Å². The fourth-order valence-corrected chi connectivity index (χ4v) is 4.12. The molecule has 1 N–H and O–H groups in total. The molecule has 0 aromatic carbocycles. The Labute approximate surface area is 122 Å². The van der Waals surface area contributed by atoms with E-state index in [2.05, 4.69) is 5.32 Å². The summed E-state index contributed by atoms with van der Waals surface area (Å²) in [5.74, 6) is -0.367. The van der Waals surface area contributed by atoms with Gasteiger partial charge in [0.05, 0.1) is 11.8 Å². The van der Waals surface area contributed by atoms with Crippen molar-refractivity contribution in [3.63, 3.8) is 0 Å². The van der Waals surface area contributed by atoms with Crippen molar-refractivity contribution in [1.82, 2.24) is 4.31 Å². The number of anilines is 1. The highest BCUT2D eigenvalue weighted by Gasteiger charge is 2.34. The summed E-state index contributed by atoms with van der Waals surface area (Å²) in [5.41, 5.74) is 0.394. The maximum Gasteiger partial charge on any atom is 0.243 e. The predicted molar refractivity (Wildman–Crippen MR) is 76.9 cm³/mol. The van der Waals surface area contributed by atoms with Crippen LogP contribution < -0.4 is 5.32 Å². The Morgan fingerprint density at radius 1 is 1.55 bits per heavy atom. The van der Waals surface area contributed by atoms with E-state index >= 15 is 0 Å². The van der Waals surface area contributed by atoms with Gasteiger partial charge < -0.3 is 5.32 Å². The standard InChI is InChI=1S/C12H15N3O3S2/c1-20(17,18)15-6-3-2-4-10(15)11(16)14-12-9(8-13)5-7-19-12/h5,7,10H,2-4,6H2,1H3,(H,14,16). The van der Waals surface area contributed by atoms with Crippen LogP contribution in [0.15, 0.2) is 11.4 Å². The summed E-state index contributed by atoms with van der Waals surface area (Å²) < 4.78 is 24.7. The van der Waals surface area contributed by atoms with E-state index in [-0.39, 0.29) is 5.91 Å². The molecule has 0 aliphatic carbocycles. The highest BCUT2D eigenvalue weighted by atomic mass is 32.2. The van der Waals surface area contributed by atoms with Crippen LogP contribution in [0.3, 0.4) is 0 Å². The van der Waals surface area contributed by atoms with Gasteiger partial charge in [-0.25, -0.2) is 8.42 Å². The van der Waals surface area contributed by atoms with Crippen molar-refractivity contribution in [2.75, 3.05) is 18.1 Å². The van der Waals surface area contributed by atoms with Crippen LogP contribution in [0.1, 0.15) is 24.8 Å². The number of nitrogens with one attached hydrogen (secondary N) is 1. The zero-order chi connectivity index (χ0) is 14.8. The Balaban J connectivity index is 2.17. The first-order valence-corrected chi connectivity index (χ1v) is 8.91. The number of sulfonamides is 1. The van der Waals surface area contributed by atoms with E-state index in [1.165, 1.54) is 15.6 Å². The quantitative estimate of drug-likeness (QED) is 0.912. The van der Waals surface area contributed by atoms with Crippen LogP contribution in [0.25, 0.3) is 0 Å². The molecule has 1 amide bonds. The minimum Gasteiger partial charge on any atom is -0.315 e. The predicted octanol–water partition coefficient (Wildman–Crippen LogP) is 1.37. The third-order valence-corrected chi connectivity index (χ3v) is 5.32. The van der Waals surface area contributed by atoms with Gasteiger partial charge in [-0.1, -0.05) is 6.42 Å². The van der Waals surface area contributed by atoms with Gasteiger partial charge in [0.2, 0.25) is 15.9 Å². The fourth-order valence-electron chi connectivity index (χ4n) is 2.25. The molecule has 1 aliphatic heterocycles. The van der Waals surface area contributed by atoms with Crippen molar-refractivity contribution in [2.24, 2.45) is 0 Å². The molecule has 1 aromatic heterocycles. The van der Waals surface area contributed by atoms with Crippen molar-refractivity contribution < 1.29 is 13.2 Å². The molecule has 0 radical (unpaired) electrons. The highest BCUT2D eigenvalue weighted by Crippen LogP contribution is 2.25. The molecule has 1 fully saturated rings. The second kappa shape index (κ2) is 5.91. The van der Waals surface area contributed by atoms with Gasteiger partial charge in [0.1, 0.15) is 17.1 Å². The number of thiophene rings is 1. The number of amides is 1. The van der Waals surface area contributed by atoms with Crippen LogP contribution >= 0.6 is 11.3 Å². The number of carbonyl (C=O) groups is 1. The summed E-state index contributed by atoms with van der Waals surface area (Å²) in [5, 5.41) is 13.8. The molecule has 0 bridgehead atoms. The Bertz CT molecular complexity index is 645. The third kappa shape index (κ3) is 3.17. The van der Waals surface area contributed by atoms with Crippen molar-refractivity contribution in [3.8, 4) is 6.07 Å². The van der Waals surface area contributed by atoms with Gasteiger partial charge in [-0.05, 0) is 24.3 Å². The summed E-state index contributed by atoms with van der Waals surface area (Å²) in [6, 6.07) is 2.92. The topological polar surface area (TPSA) is 90.3 Å². The van der Waals surface area contributed by atoms with E-state index in [9.17, 15) is 13.2 Å². The van der Waals surface area contributed by atoms with Crippen LogP contribution in [0, 0.1) is 11.3 Å². The van der Waals surface area contributed by atoms with Gasteiger partial charge in [0.15, 0.2) is 0 Å². The SMILES string of the molecule is CS(=O)(=O)N1CCCCC1C(=O)Nc1sccc1C#N. The lowest BCUT2D eigenvalue weighted by molar-refractivity contribution is -0.120. The van der Waals surface area contributed by atoms with Crippen molar-refractivity contribution in [1.29, 1.82) is 5.26 Å². The fraction of sp³-hybridized carbons (Fsp3) is 0.500. The number of nitriles is 1. The van der Waals surface area contributed by atoms with Crippen LogP contribution in [0.4, 0.5) is 5.00 Å². The maximum atomic E-state index is 12.3. The lowest BCUT2D eigenvalue weighted by Crippen LogP contribution is -2.49. The molecule has 0 spiro atoms. The number of hydrogen-bond acceptors (Lipinski definition) is 5. The largest absolute Gasteiger partial charge is 0.315 e. The normalized spacial score (nSPS) is 20.3. The molecule has 1 saturated heterocycles. The molecule has 1 unspecified atom stereocenters. The number of rotatable bonds is 3. The molecule has 1 atom stereocenters. The Morgan fingerprint density at radius 3 is 2.95 bits per heavy atom. The summed E-state index contributed by atoms with van der Waals surface area (Å²) in [4.78, 5) is 12.3. The van der Waals surface area contributed by atoms with Crippen LogP contribution in [-0.4, -0.2) is 37.5 Å². The molecule has 0 saturated carbocycles. The third-order valence-electron chi connectivity index (χ3n) is 3.20. The number of carbonyl (C=O) groups excluding carboxylic acids is 1. The van der Waals surface area contributed by atoms with E-state index in [0.717, 1.165) is 19.1 Å². The van der Waals surface area contributed by atoms with Gasteiger partial charge in [0, 0.05) is 6.54 Å². The first-order chi connectivity index (χ1) is 9.43. The van der Waals surface area contributed by atoms with Crippen LogP contribution in [0.5, 0.6) is 0 Å². The second-order valence-corrected chi connectivity index (χ2v) is 7.50. The Hall–Kier alpha value is -1.43. The molecule has 2 heterocycles. The zero-order valence-corrected chi connectivity index (χ0v) is 12.6.